The molecule has 0 saturated carbocycles. The minimum atomic E-state index is -0.488. The molecule has 1 fully saturated rings. The van der Waals surface area contributed by atoms with Crippen LogP contribution in [0, 0.1) is 12.3 Å². The minimum Gasteiger partial charge on any atom is -0.342 e. The van der Waals surface area contributed by atoms with Crippen molar-refractivity contribution in [3.05, 3.63) is 29.6 Å². The quantitative estimate of drug-likeness (QED) is 0.900. The predicted octanol–water partition coefficient (Wildman–Crippen LogP) is 1.65. The van der Waals surface area contributed by atoms with Gasteiger partial charge in [-0.2, -0.15) is 0 Å². The summed E-state index contributed by atoms with van der Waals surface area (Å²) in [5, 5.41) is 2.84. The third kappa shape index (κ3) is 3.06. The van der Waals surface area contributed by atoms with Crippen molar-refractivity contribution in [3.8, 4) is 0 Å². The van der Waals surface area contributed by atoms with Crippen molar-refractivity contribution >= 4 is 11.8 Å². The molecule has 1 aromatic rings. The molecule has 1 saturated heterocycles. The summed E-state index contributed by atoms with van der Waals surface area (Å²) in [7, 11) is 0. The fourth-order valence-corrected chi connectivity index (χ4v) is 2.47. The molecule has 1 N–H and O–H groups in total. The van der Waals surface area contributed by atoms with E-state index in [1.807, 2.05) is 33.8 Å². The Kier molecular flexibility index (Phi) is 4.03. The number of piperazine rings is 1. The lowest BCUT2D eigenvalue weighted by molar-refractivity contribution is -0.152. The highest BCUT2D eigenvalue weighted by atomic mass is 16.2. The average molecular weight is 289 g/mol. The summed E-state index contributed by atoms with van der Waals surface area (Å²) in [6, 6.07) is 0.962. The number of amides is 2. The SMILES string of the molecule is Cc1ccncc1CN1C(=O)C(C(C)(C)C)NC(=O)C1C. The van der Waals surface area contributed by atoms with E-state index in [0.29, 0.717) is 6.54 Å². The third-order valence-corrected chi connectivity index (χ3v) is 4.02. The molecule has 2 amide bonds. The number of aryl methyl sites for hydroxylation is 1. The fourth-order valence-electron chi connectivity index (χ4n) is 2.47. The molecular weight excluding hydrogens is 266 g/mol. The van der Waals surface area contributed by atoms with E-state index in [-0.39, 0.29) is 17.2 Å². The normalized spacial score (nSPS) is 23.2. The van der Waals surface area contributed by atoms with Crippen LogP contribution in [-0.2, 0) is 16.1 Å². The van der Waals surface area contributed by atoms with Crippen LogP contribution in [0.3, 0.4) is 0 Å². The molecule has 0 aromatic carbocycles. The second-order valence-corrected chi connectivity index (χ2v) is 6.75. The van der Waals surface area contributed by atoms with E-state index in [1.165, 1.54) is 0 Å². The molecule has 21 heavy (non-hydrogen) atoms. The summed E-state index contributed by atoms with van der Waals surface area (Å²) < 4.78 is 0. The molecule has 114 valence electrons. The summed E-state index contributed by atoms with van der Waals surface area (Å²) in [5.41, 5.74) is 1.73. The van der Waals surface area contributed by atoms with Gasteiger partial charge in [-0.05, 0) is 36.5 Å². The summed E-state index contributed by atoms with van der Waals surface area (Å²) in [4.78, 5) is 30.7. The summed E-state index contributed by atoms with van der Waals surface area (Å²) in [6.07, 6.45) is 3.49. The number of nitrogens with zero attached hydrogens (tertiary/aromatic N) is 2. The summed E-state index contributed by atoms with van der Waals surface area (Å²) in [6.45, 7) is 10.0. The first-order valence-electron chi connectivity index (χ1n) is 7.22. The van der Waals surface area contributed by atoms with Gasteiger partial charge < -0.3 is 10.2 Å². The number of carbonyl (C=O) groups is 2. The number of nitrogens with one attached hydrogen (secondary N) is 1. The van der Waals surface area contributed by atoms with Crippen LogP contribution in [0.4, 0.5) is 0 Å². The standard InChI is InChI=1S/C16H23N3O2/c1-10-6-7-17-8-12(10)9-19-11(2)14(20)18-13(15(19)21)16(3,4)5/h6-8,11,13H,9H2,1-5H3,(H,18,20). The lowest BCUT2D eigenvalue weighted by Gasteiger charge is -2.42. The van der Waals surface area contributed by atoms with Crippen LogP contribution in [-0.4, -0.2) is 33.8 Å². The van der Waals surface area contributed by atoms with E-state index in [1.54, 1.807) is 24.2 Å². The Balaban J connectivity index is 2.30. The highest BCUT2D eigenvalue weighted by molar-refractivity contribution is 5.97. The molecule has 2 atom stereocenters. The van der Waals surface area contributed by atoms with E-state index in [4.69, 9.17) is 0 Å². The van der Waals surface area contributed by atoms with Gasteiger partial charge in [0.05, 0.1) is 0 Å². The van der Waals surface area contributed by atoms with Crippen molar-refractivity contribution in [2.24, 2.45) is 5.41 Å². The van der Waals surface area contributed by atoms with Gasteiger partial charge in [-0.1, -0.05) is 20.8 Å². The van der Waals surface area contributed by atoms with Gasteiger partial charge in [0.1, 0.15) is 12.1 Å². The smallest absolute Gasteiger partial charge is 0.246 e. The van der Waals surface area contributed by atoms with Gasteiger partial charge in [-0.3, -0.25) is 14.6 Å². The first-order valence-corrected chi connectivity index (χ1v) is 7.22. The number of hydrogen-bond acceptors (Lipinski definition) is 3. The maximum atomic E-state index is 12.7. The lowest BCUT2D eigenvalue weighted by atomic mass is 9.84. The fraction of sp³-hybridized carbons (Fsp3) is 0.562. The molecule has 5 nitrogen and oxygen atoms in total. The molecule has 1 aliphatic heterocycles. The highest BCUT2D eigenvalue weighted by Gasteiger charge is 2.43. The van der Waals surface area contributed by atoms with E-state index in [9.17, 15) is 9.59 Å². The first kappa shape index (κ1) is 15.5. The molecule has 2 heterocycles. The Morgan fingerprint density at radius 2 is 2.00 bits per heavy atom. The average Bonchev–Trinajstić information content (AvgIpc) is 2.39. The van der Waals surface area contributed by atoms with Gasteiger partial charge >= 0.3 is 0 Å². The molecule has 5 heteroatoms. The zero-order valence-corrected chi connectivity index (χ0v) is 13.3. The van der Waals surface area contributed by atoms with Gasteiger partial charge in [0.15, 0.2) is 0 Å². The van der Waals surface area contributed by atoms with Gasteiger partial charge in [0.25, 0.3) is 0 Å². The van der Waals surface area contributed by atoms with Crippen molar-refractivity contribution in [3.63, 3.8) is 0 Å². The third-order valence-electron chi connectivity index (χ3n) is 4.02. The Bertz CT molecular complexity index is 563. The highest BCUT2D eigenvalue weighted by Crippen LogP contribution is 2.26. The Labute approximate surface area is 125 Å². The molecule has 0 bridgehead atoms. The number of hydrogen-bond donors (Lipinski definition) is 1. The minimum absolute atomic E-state index is 0.0298. The Hall–Kier alpha value is -1.91. The summed E-state index contributed by atoms with van der Waals surface area (Å²) in [5.74, 6) is -0.131. The number of aromatic nitrogens is 1. The largest absolute Gasteiger partial charge is 0.342 e. The van der Waals surface area contributed by atoms with E-state index in [0.717, 1.165) is 11.1 Å². The van der Waals surface area contributed by atoms with Crippen LogP contribution >= 0.6 is 0 Å². The molecule has 2 unspecified atom stereocenters. The molecule has 1 aromatic heterocycles. The molecule has 2 rings (SSSR count). The number of pyridine rings is 1. The van der Waals surface area contributed by atoms with Gasteiger partial charge in [-0.25, -0.2) is 0 Å². The maximum Gasteiger partial charge on any atom is 0.246 e. The predicted molar refractivity (Wildman–Crippen MR) is 80.4 cm³/mol. The lowest BCUT2D eigenvalue weighted by Crippen LogP contribution is -2.65. The topological polar surface area (TPSA) is 62.3 Å². The van der Waals surface area contributed by atoms with Crippen LogP contribution in [0.1, 0.15) is 38.8 Å². The van der Waals surface area contributed by atoms with Crippen molar-refractivity contribution in [2.75, 3.05) is 0 Å². The van der Waals surface area contributed by atoms with Gasteiger partial charge in [0, 0.05) is 18.9 Å². The van der Waals surface area contributed by atoms with Gasteiger partial charge in [-0.15, -0.1) is 0 Å². The van der Waals surface area contributed by atoms with Crippen LogP contribution in [0.25, 0.3) is 0 Å². The number of rotatable bonds is 2. The van der Waals surface area contributed by atoms with E-state index < -0.39 is 12.1 Å². The van der Waals surface area contributed by atoms with Crippen molar-refractivity contribution in [2.45, 2.75) is 53.2 Å². The van der Waals surface area contributed by atoms with Crippen LogP contribution in [0.15, 0.2) is 18.5 Å². The molecule has 0 radical (unpaired) electrons. The Morgan fingerprint density at radius 1 is 1.33 bits per heavy atom. The zero-order valence-electron chi connectivity index (χ0n) is 13.3. The second-order valence-electron chi connectivity index (χ2n) is 6.75. The van der Waals surface area contributed by atoms with Gasteiger partial charge in [0.2, 0.25) is 11.8 Å². The number of carbonyl (C=O) groups excluding carboxylic acids is 2. The van der Waals surface area contributed by atoms with Crippen molar-refractivity contribution in [1.82, 2.24) is 15.2 Å². The first-order chi connectivity index (χ1) is 9.71. The van der Waals surface area contributed by atoms with E-state index in [2.05, 4.69) is 10.3 Å². The molecule has 0 aliphatic carbocycles. The van der Waals surface area contributed by atoms with Crippen LogP contribution in [0.2, 0.25) is 0 Å². The summed E-state index contributed by atoms with van der Waals surface area (Å²) >= 11 is 0. The molecular formula is C16H23N3O2. The van der Waals surface area contributed by atoms with Crippen molar-refractivity contribution in [1.29, 1.82) is 0 Å². The van der Waals surface area contributed by atoms with E-state index >= 15 is 0 Å². The Morgan fingerprint density at radius 3 is 2.57 bits per heavy atom. The van der Waals surface area contributed by atoms with Crippen molar-refractivity contribution < 1.29 is 9.59 Å². The molecule has 0 spiro atoms. The molecule has 1 aliphatic rings. The van der Waals surface area contributed by atoms with Crippen LogP contribution in [0.5, 0.6) is 0 Å². The zero-order chi connectivity index (χ0) is 15.8. The van der Waals surface area contributed by atoms with Crippen LogP contribution < -0.4 is 5.32 Å². The maximum absolute atomic E-state index is 12.7. The monoisotopic (exact) mass is 289 g/mol. The second kappa shape index (κ2) is 5.47.